The van der Waals surface area contributed by atoms with Gasteiger partial charge in [-0.15, -0.1) is 0 Å². The van der Waals surface area contributed by atoms with Crippen LogP contribution in [-0.4, -0.2) is 6.21 Å². The fourth-order valence-electron chi connectivity index (χ4n) is 0.144. The molecule has 0 aromatic carbocycles. The molecule has 0 aromatic rings. The lowest BCUT2D eigenvalue weighted by atomic mass is 10.3. The van der Waals surface area contributed by atoms with Gasteiger partial charge in [-0.3, -0.25) is 0 Å². The summed E-state index contributed by atoms with van der Waals surface area (Å²) in [7, 11) is 0. The first-order valence-electron chi connectivity index (χ1n) is 2.02. The fourth-order valence-corrected chi connectivity index (χ4v) is 0.144. The smallest absolute Gasteiger partial charge is 0.139 e. The van der Waals surface area contributed by atoms with Gasteiger partial charge in [-0.1, -0.05) is 0 Å². The van der Waals surface area contributed by atoms with Gasteiger partial charge in [-0.25, -0.2) is 4.39 Å². The Morgan fingerprint density at radius 3 is 2.00 bits per heavy atom. The Labute approximate surface area is 42.4 Å². The topological polar surface area (TPSA) is 23.9 Å². The van der Waals surface area contributed by atoms with E-state index in [0.717, 1.165) is 0 Å². The highest BCUT2D eigenvalue weighted by molar-refractivity contribution is 5.73. The lowest BCUT2D eigenvalue weighted by molar-refractivity contribution is 0.673. The fraction of sp³-hybridized carbons (Fsp3) is 0.400. The van der Waals surface area contributed by atoms with Gasteiger partial charge in [-0.05, 0) is 19.4 Å². The van der Waals surface area contributed by atoms with Crippen LogP contribution in [-0.2, 0) is 0 Å². The first-order chi connectivity index (χ1) is 3.18. The zero-order valence-corrected chi connectivity index (χ0v) is 4.46. The van der Waals surface area contributed by atoms with Crippen LogP contribution in [0.2, 0.25) is 0 Å². The lowest BCUT2D eigenvalue weighted by Crippen LogP contribution is -1.74. The van der Waals surface area contributed by atoms with Gasteiger partial charge >= 0.3 is 0 Å². The molecule has 0 rings (SSSR count). The Hall–Kier alpha value is -0.660. The molecule has 0 atom stereocenters. The summed E-state index contributed by atoms with van der Waals surface area (Å²) in [5, 5.41) is 6.38. The van der Waals surface area contributed by atoms with E-state index < -0.39 is 5.83 Å². The third kappa shape index (κ3) is 2.09. The molecule has 0 saturated heterocycles. The highest BCUT2D eigenvalue weighted by Crippen LogP contribution is 1.98. The van der Waals surface area contributed by atoms with Crippen molar-refractivity contribution in [3.05, 3.63) is 11.4 Å². The van der Waals surface area contributed by atoms with Crippen molar-refractivity contribution in [3.63, 3.8) is 0 Å². The van der Waals surface area contributed by atoms with Crippen molar-refractivity contribution in [2.24, 2.45) is 0 Å². The molecule has 0 spiro atoms. The molecule has 7 heavy (non-hydrogen) atoms. The van der Waals surface area contributed by atoms with Gasteiger partial charge in [0.25, 0.3) is 0 Å². The number of rotatable bonds is 1. The first-order valence-corrected chi connectivity index (χ1v) is 2.02. The SMILES string of the molecule is CC(C)=C(F)C=N. The summed E-state index contributed by atoms with van der Waals surface area (Å²) in [5.74, 6) is -0.444. The lowest BCUT2D eigenvalue weighted by Gasteiger charge is -1.84. The number of allylic oxidation sites excluding steroid dienone is 2. The van der Waals surface area contributed by atoms with Gasteiger partial charge in [0, 0.05) is 0 Å². The van der Waals surface area contributed by atoms with Crippen LogP contribution < -0.4 is 0 Å². The summed E-state index contributed by atoms with van der Waals surface area (Å²) in [5.41, 5.74) is 0.551. The van der Waals surface area contributed by atoms with Crippen LogP contribution in [0.1, 0.15) is 13.8 Å². The second-order valence-electron chi connectivity index (χ2n) is 1.49. The quantitative estimate of drug-likeness (QED) is 0.488. The van der Waals surface area contributed by atoms with Crippen molar-refractivity contribution < 1.29 is 4.39 Å². The average molecular weight is 101 g/mol. The maximum absolute atomic E-state index is 11.9. The first kappa shape index (κ1) is 6.34. The predicted octanol–water partition coefficient (Wildman–Crippen LogP) is 1.90. The van der Waals surface area contributed by atoms with Crippen molar-refractivity contribution in [3.8, 4) is 0 Å². The zero-order valence-electron chi connectivity index (χ0n) is 4.46. The average Bonchev–Trinajstić information content (AvgIpc) is 1.65. The van der Waals surface area contributed by atoms with Crippen molar-refractivity contribution >= 4 is 6.21 Å². The minimum Gasteiger partial charge on any atom is -0.306 e. The van der Waals surface area contributed by atoms with E-state index in [1.165, 1.54) is 0 Å². The maximum Gasteiger partial charge on any atom is 0.139 e. The van der Waals surface area contributed by atoms with Crippen LogP contribution in [0.25, 0.3) is 0 Å². The molecule has 0 heterocycles. The molecule has 0 saturated carbocycles. The van der Waals surface area contributed by atoms with Gasteiger partial charge in [0.15, 0.2) is 0 Å². The number of hydrogen-bond donors (Lipinski definition) is 1. The summed E-state index contributed by atoms with van der Waals surface area (Å²) in [6.45, 7) is 3.25. The van der Waals surface area contributed by atoms with Crippen LogP contribution in [0.3, 0.4) is 0 Å². The number of nitrogens with one attached hydrogen (secondary N) is 1. The molecule has 0 fully saturated rings. The summed E-state index contributed by atoms with van der Waals surface area (Å²) in [4.78, 5) is 0. The molecule has 1 nitrogen and oxygen atoms in total. The summed E-state index contributed by atoms with van der Waals surface area (Å²) in [6, 6.07) is 0. The van der Waals surface area contributed by atoms with Crippen molar-refractivity contribution in [2.45, 2.75) is 13.8 Å². The largest absolute Gasteiger partial charge is 0.306 e. The third-order valence-corrected chi connectivity index (χ3v) is 0.604. The minimum atomic E-state index is -0.444. The molecule has 0 aliphatic carbocycles. The molecule has 0 aromatic heterocycles. The summed E-state index contributed by atoms with van der Waals surface area (Å²) < 4.78 is 11.9. The molecule has 0 amide bonds. The van der Waals surface area contributed by atoms with E-state index in [-0.39, 0.29) is 0 Å². The van der Waals surface area contributed by atoms with Crippen LogP contribution in [0.5, 0.6) is 0 Å². The van der Waals surface area contributed by atoms with Crippen LogP contribution in [0, 0.1) is 5.41 Å². The van der Waals surface area contributed by atoms with Crippen LogP contribution >= 0.6 is 0 Å². The molecule has 2 heteroatoms. The van der Waals surface area contributed by atoms with E-state index in [9.17, 15) is 4.39 Å². The zero-order chi connectivity index (χ0) is 5.86. The van der Waals surface area contributed by atoms with Crippen molar-refractivity contribution in [1.82, 2.24) is 0 Å². The summed E-state index contributed by atoms with van der Waals surface area (Å²) in [6.07, 6.45) is 0.704. The molecular formula is C5H8FN. The molecule has 40 valence electrons. The maximum atomic E-state index is 11.9. The molecule has 0 aliphatic rings. The molecule has 1 N–H and O–H groups in total. The molecule has 0 unspecified atom stereocenters. The number of halogens is 1. The van der Waals surface area contributed by atoms with Gasteiger partial charge in [0.05, 0.1) is 6.21 Å². The van der Waals surface area contributed by atoms with E-state index in [0.29, 0.717) is 11.8 Å². The second-order valence-corrected chi connectivity index (χ2v) is 1.49. The summed E-state index contributed by atoms with van der Waals surface area (Å²) >= 11 is 0. The molecule has 0 radical (unpaired) electrons. The van der Waals surface area contributed by atoms with Gasteiger partial charge in [0.2, 0.25) is 0 Å². The van der Waals surface area contributed by atoms with Gasteiger partial charge < -0.3 is 5.41 Å². The second kappa shape index (κ2) is 2.50. The van der Waals surface area contributed by atoms with E-state index in [1.807, 2.05) is 0 Å². The van der Waals surface area contributed by atoms with E-state index in [2.05, 4.69) is 0 Å². The van der Waals surface area contributed by atoms with Crippen LogP contribution in [0.4, 0.5) is 4.39 Å². The molecule has 0 aliphatic heterocycles. The highest BCUT2D eigenvalue weighted by atomic mass is 19.1. The van der Waals surface area contributed by atoms with Gasteiger partial charge in [0.1, 0.15) is 5.83 Å². The van der Waals surface area contributed by atoms with Crippen molar-refractivity contribution in [1.29, 1.82) is 5.41 Å². The Balaban J connectivity index is 3.98. The molecule has 0 bridgehead atoms. The predicted molar refractivity (Wildman–Crippen MR) is 28.3 cm³/mol. The van der Waals surface area contributed by atoms with E-state index in [1.54, 1.807) is 13.8 Å². The third-order valence-electron chi connectivity index (χ3n) is 0.604. The minimum absolute atomic E-state index is 0.444. The molecular weight excluding hydrogens is 93.1 g/mol. The van der Waals surface area contributed by atoms with E-state index >= 15 is 0 Å². The van der Waals surface area contributed by atoms with Gasteiger partial charge in [-0.2, -0.15) is 0 Å². The Morgan fingerprint density at radius 1 is 1.57 bits per heavy atom. The standard InChI is InChI=1S/C5H8FN/c1-4(2)5(6)3-7/h3,7H,1-2H3. The number of hydrogen-bond acceptors (Lipinski definition) is 1. The Bertz CT molecular complexity index is 101. The normalized spacial score (nSPS) is 7.86. The van der Waals surface area contributed by atoms with Crippen molar-refractivity contribution in [2.75, 3.05) is 0 Å². The van der Waals surface area contributed by atoms with E-state index in [4.69, 9.17) is 5.41 Å². The van der Waals surface area contributed by atoms with Crippen LogP contribution in [0.15, 0.2) is 11.4 Å². The Morgan fingerprint density at radius 2 is 2.00 bits per heavy atom. The monoisotopic (exact) mass is 101 g/mol. The highest BCUT2D eigenvalue weighted by Gasteiger charge is 1.86. The Kier molecular flexibility index (Phi) is 2.27.